The van der Waals surface area contributed by atoms with E-state index < -0.39 is 12.6 Å². The number of amides is 1. The first-order valence-corrected chi connectivity index (χ1v) is 11.2. The molecule has 0 bridgehead atoms. The minimum absolute atomic E-state index is 0.0662. The van der Waals surface area contributed by atoms with Gasteiger partial charge in [0.05, 0.1) is 24.8 Å². The van der Waals surface area contributed by atoms with Crippen LogP contribution in [0.3, 0.4) is 0 Å². The summed E-state index contributed by atoms with van der Waals surface area (Å²) < 4.78 is 16.6. The van der Waals surface area contributed by atoms with Gasteiger partial charge in [0.25, 0.3) is 5.91 Å². The number of hydrogen-bond donors (Lipinski definition) is 3. The van der Waals surface area contributed by atoms with Gasteiger partial charge in [0.1, 0.15) is 11.6 Å². The van der Waals surface area contributed by atoms with Gasteiger partial charge in [0.15, 0.2) is 23.9 Å². The number of carboxylic acids is 1. The number of benzene rings is 2. The maximum atomic E-state index is 13.1. The lowest BCUT2D eigenvalue weighted by molar-refractivity contribution is -0.139. The van der Waals surface area contributed by atoms with E-state index in [9.17, 15) is 14.4 Å². The first-order valence-electron chi connectivity index (χ1n) is 11.2. The van der Waals surface area contributed by atoms with Crippen LogP contribution >= 0.6 is 0 Å². The van der Waals surface area contributed by atoms with Crippen molar-refractivity contribution in [3.05, 3.63) is 52.6 Å². The Labute approximate surface area is 203 Å². The molecule has 10 nitrogen and oxygen atoms in total. The normalized spacial score (nSPS) is 12.4. The molecule has 1 aliphatic rings. The smallest absolute Gasteiger partial charge is 0.341 e. The molecule has 35 heavy (non-hydrogen) atoms. The van der Waals surface area contributed by atoms with Crippen LogP contribution < -0.4 is 19.5 Å². The van der Waals surface area contributed by atoms with Crippen LogP contribution in [0.25, 0.3) is 0 Å². The zero-order valence-corrected chi connectivity index (χ0v) is 20.1. The number of ketones is 1. The Kier molecular flexibility index (Phi) is 7.95. The first kappa shape index (κ1) is 25.5. The van der Waals surface area contributed by atoms with E-state index in [1.54, 1.807) is 17.0 Å². The molecule has 0 spiro atoms. The van der Waals surface area contributed by atoms with E-state index in [0.29, 0.717) is 35.6 Å². The fourth-order valence-corrected chi connectivity index (χ4v) is 3.70. The van der Waals surface area contributed by atoms with E-state index in [-0.39, 0.29) is 41.7 Å². The monoisotopic (exact) mass is 483 g/mol. The molecule has 0 aliphatic carbocycles. The predicted octanol–water partition coefficient (Wildman–Crippen LogP) is 2.72. The largest absolute Gasteiger partial charge is 0.493 e. The van der Waals surface area contributed by atoms with E-state index in [0.717, 1.165) is 5.56 Å². The molecule has 0 atom stereocenters. The van der Waals surface area contributed by atoms with Gasteiger partial charge in [-0.2, -0.15) is 0 Å². The lowest BCUT2D eigenvalue weighted by atomic mass is 10.0. The Morgan fingerprint density at radius 2 is 1.86 bits per heavy atom. The van der Waals surface area contributed by atoms with E-state index in [2.05, 4.69) is 5.32 Å². The van der Waals surface area contributed by atoms with Crippen LogP contribution in [-0.2, 0) is 11.3 Å². The van der Waals surface area contributed by atoms with Crippen molar-refractivity contribution in [3.8, 4) is 17.2 Å². The van der Waals surface area contributed by atoms with Crippen LogP contribution in [0.2, 0.25) is 0 Å². The molecule has 0 unspecified atom stereocenters. The van der Waals surface area contributed by atoms with E-state index in [1.807, 2.05) is 20.8 Å². The van der Waals surface area contributed by atoms with Crippen molar-refractivity contribution in [3.63, 3.8) is 0 Å². The molecular weight excluding hydrogens is 454 g/mol. The van der Waals surface area contributed by atoms with Crippen LogP contribution in [0.4, 0.5) is 0 Å². The average Bonchev–Trinajstić information content (AvgIpc) is 3.10. The zero-order valence-electron chi connectivity index (χ0n) is 20.1. The minimum atomic E-state index is -1.13. The van der Waals surface area contributed by atoms with Crippen molar-refractivity contribution in [1.29, 1.82) is 5.41 Å². The van der Waals surface area contributed by atoms with Crippen LogP contribution in [-0.4, -0.2) is 66.4 Å². The molecule has 0 aromatic heterocycles. The summed E-state index contributed by atoms with van der Waals surface area (Å²) in [6.07, 6.45) is -0.220. The highest BCUT2D eigenvalue weighted by Gasteiger charge is 2.29. The lowest BCUT2D eigenvalue weighted by Crippen LogP contribution is -2.30. The second kappa shape index (κ2) is 10.9. The van der Waals surface area contributed by atoms with E-state index in [1.165, 1.54) is 25.2 Å². The van der Waals surface area contributed by atoms with Gasteiger partial charge in [-0.15, -0.1) is 0 Å². The van der Waals surface area contributed by atoms with Crippen molar-refractivity contribution in [1.82, 2.24) is 10.2 Å². The summed E-state index contributed by atoms with van der Waals surface area (Å²) in [6.45, 7) is 5.54. The second-order valence-corrected chi connectivity index (χ2v) is 8.16. The fourth-order valence-electron chi connectivity index (χ4n) is 3.70. The second-order valence-electron chi connectivity index (χ2n) is 8.16. The number of amidine groups is 1. The van der Waals surface area contributed by atoms with Crippen molar-refractivity contribution in [2.24, 2.45) is 0 Å². The predicted molar refractivity (Wildman–Crippen MR) is 128 cm³/mol. The Balaban J connectivity index is 1.82. The zero-order chi connectivity index (χ0) is 25.7. The number of fused-ring (bicyclic) bond motifs is 1. The Morgan fingerprint density at radius 1 is 1.11 bits per heavy atom. The van der Waals surface area contributed by atoms with Crippen molar-refractivity contribution in [2.75, 3.05) is 26.8 Å². The van der Waals surface area contributed by atoms with Crippen molar-refractivity contribution < 1.29 is 33.7 Å². The standard InChI is InChI=1S/C25H29N3O7/c1-5-33-21-9-16-11-28(24(26)17(16)10-18(21)25(32)27-4)12-19(29)15-6-7-20(34-13-23(30)31)22(8-15)35-14(2)3/h6-10,14,26H,5,11-13H2,1-4H3,(H,27,32)(H,30,31). The summed E-state index contributed by atoms with van der Waals surface area (Å²) in [6, 6.07) is 7.92. The van der Waals surface area contributed by atoms with Gasteiger partial charge >= 0.3 is 5.97 Å². The number of nitrogens with zero attached hydrogens (tertiary/aromatic N) is 1. The molecule has 1 amide bonds. The molecule has 0 saturated carbocycles. The number of carbonyl (C=O) groups excluding carboxylic acids is 2. The highest BCUT2D eigenvalue weighted by atomic mass is 16.5. The summed E-state index contributed by atoms with van der Waals surface area (Å²) in [7, 11) is 1.52. The molecule has 10 heteroatoms. The van der Waals surface area contributed by atoms with Crippen LogP contribution in [0, 0.1) is 5.41 Å². The van der Waals surface area contributed by atoms with Gasteiger partial charge in [0.2, 0.25) is 0 Å². The Bertz CT molecular complexity index is 1160. The van der Waals surface area contributed by atoms with Gasteiger partial charge < -0.3 is 29.5 Å². The molecule has 3 rings (SSSR count). The molecular formula is C25H29N3O7. The third-order valence-corrected chi connectivity index (χ3v) is 5.22. The quantitative estimate of drug-likeness (QED) is 0.415. The first-order chi connectivity index (χ1) is 16.6. The molecule has 1 aliphatic heterocycles. The van der Waals surface area contributed by atoms with Gasteiger partial charge in [-0.1, -0.05) is 0 Å². The molecule has 1 heterocycles. The highest BCUT2D eigenvalue weighted by Crippen LogP contribution is 2.32. The number of rotatable bonds is 11. The van der Waals surface area contributed by atoms with E-state index in [4.69, 9.17) is 24.7 Å². The third-order valence-electron chi connectivity index (χ3n) is 5.22. The number of nitrogens with one attached hydrogen (secondary N) is 2. The molecule has 186 valence electrons. The SMILES string of the molecule is CCOc1cc2c(cc1C(=O)NC)C(=N)N(CC(=O)c1ccc(OCC(=O)O)c(OC(C)C)c1)C2. The van der Waals surface area contributed by atoms with Crippen LogP contribution in [0.15, 0.2) is 30.3 Å². The van der Waals surface area contributed by atoms with Crippen LogP contribution in [0.1, 0.15) is 52.6 Å². The lowest BCUT2D eigenvalue weighted by Gasteiger charge is -2.18. The number of carbonyl (C=O) groups is 3. The molecule has 0 saturated heterocycles. The summed E-state index contributed by atoms with van der Waals surface area (Å²) in [4.78, 5) is 37.9. The van der Waals surface area contributed by atoms with Gasteiger partial charge in [-0.3, -0.25) is 15.0 Å². The van der Waals surface area contributed by atoms with Gasteiger partial charge in [-0.05, 0) is 56.7 Å². The van der Waals surface area contributed by atoms with Gasteiger partial charge in [-0.25, -0.2) is 4.79 Å². The Hall–Kier alpha value is -4.08. The van der Waals surface area contributed by atoms with Gasteiger partial charge in [0, 0.05) is 24.7 Å². The molecule has 2 aromatic rings. The maximum Gasteiger partial charge on any atom is 0.341 e. The van der Waals surface area contributed by atoms with E-state index >= 15 is 0 Å². The maximum absolute atomic E-state index is 13.1. The minimum Gasteiger partial charge on any atom is -0.493 e. The summed E-state index contributed by atoms with van der Waals surface area (Å²) in [5, 5.41) is 20.0. The molecule has 3 N–H and O–H groups in total. The van der Waals surface area contributed by atoms with Crippen molar-refractivity contribution in [2.45, 2.75) is 33.4 Å². The highest BCUT2D eigenvalue weighted by molar-refractivity contribution is 6.07. The Morgan fingerprint density at radius 3 is 2.49 bits per heavy atom. The topological polar surface area (TPSA) is 138 Å². The summed E-state index contributed by atoms with van der Waals surface area (Å²) in [5.74, 6) is -0.632. The number of aliphatic carboxylic acids is 1. The number of Topliss-reactive ketones (excluding diaryl/α,β-unsaturated/α-hetero) is 1. The summed E-state index contributed by atoms with van der Waals surface area (Å²) >= 11 is 0. The fraction of sp³-hybridized carbons (Fsp3) is 0.360. The third kappa shape index (κ3) is 5.89. The molecule has 0 radical (unpaired) electrons. The van der Waals surface area contributed by atoms with Crippen LogP contribution in [0.5, 0.6) is 17.2 Å². The number of hydrogen-bond acceptors (Lipinski definition) is 7. The molecule has 2 aromatic carbocycles. The number of ether oxygens (including phenoxy) is 3. The number of carboxylic acid groups (broad SMARTS) is 1. The average molecular weight is 484 g/mol. The molecule has 0 fully saturated rings. The summed E-state index contributed by atoms with van der Waals surface area (Å²) in [5.41, 5.74) is 2.04. The van der Waals surface area contributed by atoms with Crippen molar-refractivity contribution >= 4 is 23.5 Å².